The van der Waals surface area contributed by atoms with E-state index < -0.39 is 0 Å². The van der Waals surface area contributed by atoms with Gasteiger partial charge in [-0.1, -0.05) is 18.5 Å². The van der Waals surface area contributed by atoms with Crippen LogP contribution in [0, 0.1) is 5.92 Å². The molecule has 1 fully saturated rings. The third kappa shape index (κ3) is 3.55. The number of hydrogen-bond acceptors (Lipinski definition) is 4. The zero-order valence-corrected chi connectivity index (χ0v) is 11.8. The largest absolute Gasteiger partial charge is 0.339 e. The third-order valence-corrected chi connectivity index (χ3v) is 3.95. The van der Waals surface area contributed by atoms with Gasteiger partial charge in [-0.05, 0) is 45.4 Å². The zero-order valence-electron chi connectivity index (χ0n) is 11.8. The standard InChI is InChI=1S/C14H25N3O/c1-4-10-5-6-11(9-10)13-16-12(18-17-13)7-8-14(2,3)15/h10-11H,4-9,15H2,1-3H3. The normalized spacial score (nSPS) is 24.7. The highest BCUT2D eigenvalue weighted by Gasteiger charge is 2.28. The van der Waals surface area contributed by atoms with Crippen molar-refractivity contribution in [1.29, 1.82) is 0 Å². The second kappa shape index (κ2) is 5.39. The fourth-order valence-corrected chi connectivity index (χ4v) is 2.64. The molecule has 1 aromatic heterocycles. The van der Waals surface area contributed by atoms with E-state index >= 15 is 0 Å². The van der Waals surface area contributed by atoms with Crippen LogP contribution in [0.5, 0.6) is 0 Å². The van der Waals surface area contributed by atoms with Crippen LogP contribution in [0.3, 0.4) is 0 Å². The minimum Gasteiger partial charge on any atom is -0.339 e. The third-order valence-electron chi connectivity index (χ3n) is 3.95. The van der Waals surface area contributed by atoms with Gasteiger partial charge < -0.3 is 10.3 Å². The van der Waals surface area contributed by atoms with E-state index in [2.05, 4.69) is 17.1 Å². The summed E-state index contributed by atoms with van der Waals surface area (Å²) in [6, 6.07) is 0. The van der Waals surface area contributed by atoms with E-state index in [1.54, 1.807) is 0 Å². The van der Waals surface area contributed by atoms with Crippen molar-refractivity contribution in [3.8, 4) is 0 Å². The number of nitrogens with zero attached hydrogens (tertiary/aromatic N) is 2. The molecule has 1 heterocycles. The number of rotatable bonds is 5. The Labute approximate surface area is 109 Å². The minimum absolute atomic E-state index is 0.171. The van der Waals surface area contributed by atoms with Crippen LogP contribution in [0.1, 0.15) is 70.5 Å². The molecule has 1 saturated carbocycles. The van der Waals surface area contributed by atoms with Crippen LogP contribution in [0.2, 0.25) is 0 Å². The quantitative estimate of drug-likeness (QED) is 0.873. The van der Waals surface area contributed by atoms with Gasteiger partial charge in [0.1, 0.15) is 0 Å². The molecule has 4 nitrogen and oxygen atoms in total. The lowest BCUT2D eigenvalue weighted by atomic mass is 10.0. The van der Waals surface area contributed by atoms with Crippen LogP contribution in [0.25, 0.3) is 0 Å². The average molecular weight is 251 g/mol. The molecule has 1 aliphatic carbocycles. The highest BCUT2D eigenvalue weighted by molar-refractivity contribution is 5.00. The van der Waals surface area contributed by atoms with Gasteiger partial charge in [0.15, 0.2) is 5.82 Å². The van der Waals surface area contributed by atoms with E-state index in [1.807, 2.05) is 13.8 Å². The monoisotopic (exact) mass is 251 g/mol. The average Bonchev–Trinajstić information content (AvgIpc) is 2.94. The van der Waals surface area contributed by atoms with Gasteiger partial charge in [0.25, 0.3) is 0 Å². The number of hydrogen-bond donors (Lipinski definition) is 1. The molecule has 0 bridgehead atoms. The number of aryl methyl sites for hydroxylation is 1. The predicted molar refractivity (Wildman–Crippen MR) is 71.3 cm³/mol. The van der Waals surface area contributed by atoms with E-state index in [0.29, 0.717) is 5.92 Å². The molecule has 1 aromatic rings. The molecule has 2 N–H and O–H groups in total. The van der Waals surface area contributed by atoms with Crippen LogP contribution in [0.4, 0.5) is 0 Å². The number of nitrogens with two attached hydrogens (primary N) is 1. The maximum atomic E-state index is 5.96. The summed E-state index contributed by atoms with van der Waals surface area (Å²) in [5.74, 6) is 3.01. The Bertz CT molecular complexity index is 381. The van der Waals surface area contributed by atoms with E-state index in [1.165, 1.54) is 25.7 Å². The SMILES string of the molecule is CCC1CCC(c2noc(CCC(C)(C)N)n2)C1. The minimum atomic E-state index is -0.171. The van der Waals surface area contributed by atoms with Crippen molar-refractivity contribution in [2.75, 3.05) is 0 Å². The molecule has 0 radical (unpaired) electrons. The van der Waals surface area contributed by atoms with E-state index in [9.17, 15) is 0 Å². The molecule has 0 aromatic carbocycles. The first-order valence-electron chi connectivity index (χ1n) is 7.09. The first-order valence-corrected chi connectivity index (χ1v) is 7.09. The van der Waals surface area contributed by atoms with Crippen LogP contribution >= 0.6 is 0 Å². The Hall–Kier alpha value is -0.900. The molecule has 102 valence electrons. The van der Waals surface area contributed by atoms with Crippen molar-refractivity contribution in [3.63, 3.8) is 0 Å². The highest BCUT2D eigenvalue weighted by Crippen LogP contribution is 2.38. The zero-order chi connectivity index (χ0) is 13.2. The van der Waals surface area contributed by atoms with Crippen LogP contribution in [0.15, 0.2) is 4.52 Å². The maximum absolute atomic E-state index is 5.96. The Morgan fingerprint density at radius 3 is 2.78 bits per heavy atom. The van der Waals surface area contributed by atoms with E-state index in [0.717, 1.165) is 30.5 Å². The second-order valence-electron chi connectivity index (χ2n) is 6.32. The summed E-state index contributed by atoms with van der Waals surface area (Å²) in [7, 11) is 0. The predicted octanol–water partition coefficient (Wildman–Crippen LogP) is 3.03. The molecule has 2 unspecified atom stereocenters. The summed E-state index contributed by atoms with van der Waals surface area (Å²) in [6.07, 6.45) is 6.65. The molecule has 0 saturated heterocycles. The van der Waals surface area contributed by atoms with E-state index in [4.69, 9.17) is 10.3 Å². The van der Waals surface area contributed by atoms with Crippen molar-refractivity contribution in [2.45, 2.75) is 70.8 Å². The molecule has 2 rings (SSSR count). The van der Waals surface area contributed by atoms with Gasteiger partial charge in [-0.2, -0.15) is 4.98 Å². The molecule has 0 spiro atoms. The fourth-order valence-electron chi connectivity index (χ4n) is 2.64. The molecule has 4 heteroatoms. The van der Waals surface area contributed by atoms with Crippen molar-refractivity contribution in [3.05, 3.63) is 11.7 Å². The van der Waals surface area contributed by atoms with Gasteiger partial charge in [-0.3, -0.25) is 0 Å². The van der Waals surface area contributed by atoms with Crippen LogP contribution < -0.4 is 5.73 Å². The Balaban J connectivity index is 1.90. The van der Waals surface area contributed by atoms with Crippen molar-refractivity contribution >= 4 is 0 Å². The molecule has 1 aliphatic rings. The van der Waals surface area contributed by atoms with Gasteiger partial charge >= 0.3 is 0 Å². The summed E-state index contributed by atoms with van der Waals surface area (Å²) in [4.78, 5) is 4.53. The maximum Gasteiger partial charge on any atom is 0.226 e. The lowest BCUT2D eigenvalue weighted by molar-refractivity contribution is 0.351. The van der Waals surface area contributed by atoms with Crippen LogP contribution in [-0.2, 0) is 6.42 Å². The molecule has 18 heavy (non-hydrogen) atoms. The summed E-state index contributed by atoms with van der Waals surface area (Å²) in [5.41, 5.74) is 5.79. The Kier molecular flexibility index (Phi) is 4.05. The Morgan fingerprint density at radius 2 is 2.17 bits per heavy atom. The van der Waals surface area contributed by atoms with Crippen LogP contribution in [-0.4, -0.2) is 15.7 Å². The van der Waals surface area contributed by atoms with Gasteiger partial charge in [0, 0.05) is 17.9 Å². The molecule has 0 amide bonds. The van der Waals surface area contributed by atoms with Crippen molar-refractivity contribution in [2.24, 2.45) is 11.7 Å². The number of aromatic nitrogens is 2. The summed E-state index contributed by atoms with van der Waals surface area (Å²) in [6.45, 7) is 6.30. The van der Waals surface area contributed by atoms with Gasteiger partial charge in [-0.25, -0.2) is 0 Å². The first kappa shape index (κ1) is 13.5. The van der Waals surface area contributed by atoms with E-state index in [-0.39, 0.29) is 5.54 Å². The van der Waals surface area contributed by atoms with Gasteiger partial charge in [0.05, 0.1) is 0 Å². The lowest BCUT2D eigenvalue weighted by Crippen LogP contribution is -2.32. The van der Waals surface area contributed by atoms with Crippen molar-refractivity contribution in [1.82, 2.24) is 10.1 Å². The van der Waals surface area contributed by atoms with Crippen molar-refractivity contribution < 1.29 is 4.52 Å². The highest BCUT2D eigenvalue weighted by atomic mass is 16.5. The molecule has 2 atom stereocenters. The molecular weight excluding hydrogens is 226 g/mol. The Morgan fingerprint density at radius 1 is 1.39 bits per heavy atom. The summed E-state index contributed by atoms with van der Waals surface area (Å²) < 4.78 is 5.32. The fraction of sp³-hybridized carbons (Fsp3) is 0.857. The second-order valence-corrected chi connectivity index (χ2v) is 6.32. The summed E-state index contributed by atoms with van der Waals surface area (Å²) in [5, 5.41) is 4.14. The molecular formula is C14H25N3O. The molecule has 0 aliphatic heterocycles. The summed E-state index contributed by atoms with van der Waals surface area (Å²) >= 11 is 0. The van der Waals surface area contributed by atoms with Gasteiger partial charge in [-0.15, -0.1) is 0 Å². The smallest absolute Gasteiger partial charge is 0.226 e. The first-order chi connectivity index (χ1) is 8.48. The lowest BCUT2D eigenvalue weighted by Gasteiger charge is -2.16. The van der Waals surface area contributed by atoms with Gasteiger partial charge in [0.2, 0.25) is 5.89 Å². The topological polar surface area (TPSA) is 64.9 Å².